The molecule has 0 aliphatic heterocycles. The third kappa shape index (κ3) is 7.80. The number of fused-ring (bicyclic) bond motifs is 1. The van der Waals surface area contributed by atoms with Crippen molar-refractivity contribution >= 4 is 46.5 Å². The van der Waals surface area contributed by atoms with Crippen LogP contribution in [0.4, 0.5) is 0 Å². The normalized spacial score (nSPS) is 14.2. The van der Waals surface area contributed by atoms with Crippen molar-refractivity contribution in [3.63, 3.8) is 0 Å². The van der Waals surface area contributed by atoms with E-state index in [0.29, 0.717) is 5.56 Å². The molecule has 1 aromatic carbocycles. The molecule has 0 radical (unpaired) electrons. The van der Waals surface area contributed by atoms with E-state index in [-0.39, 0.29) is 6.42 Å². The highest BCUT2D eigenvalue weighted by Crippen LogP contribution is 2.19. The quantitative estimate of drug-likeness (QED) is 0.149. The molecular weight excluding hydrogens is 476 g/mol. The van der Waals surface area contributed by atoms with E-state index < -0.39 is 72.6 Å². The number of carboxylic acids is 2. The summed E-state index contributed by atoms with van der Waals surface area (Å²) in [5.41, 5.74) is 12.0. The maximum absolute atomic E-state index is 12.9. The summed E-state index contributed by atoms with van der Waals surface area (Å²) in [7, 11) is 0. The molecule has 36 heavy (non-hydrogen) atoms. The molecule has 14 nitrogen and oxygen atoms in total. The first-order valence-electron chi connectivity index (χ1n) is 10.8. The highest BCUT2D eigenvalue weighted by atomic mass is 16.4. The smallest absolute Gasteiger partial charge is 0.326 e. The van der Waals surface area contributed by atoms with Crippen LogP contribution in [-0.2, 0) is 35.2 Å². The molecule has 0 bridgehead atoms. The van der Waals surface area contributed by atoms with Crippen LogP contribution < -0.4 is 27.4 Å². The number of nitrogens with two attached hydrogens (primary N) is 2. The van der Waals surface area contributed by atoms with Gasteiger partial charge in [-0.05, 0) is 18.6 Å². The summed E-state index contributed by atoms with van der Waals surface area (Å²) >= 11 is 0. The number of rotatable bonds is 13. The molecule has 4 amide bonds. The van der Waals surface area contributed by atoms with Crippen molar-refractivity contribution in [2.45, 2.75) is 50.4 Å². The topological polar surface area (TPSA) is 247 Å². The third-order valence-corrected chi connectivity index (χ3v) is 5.18. The van der Waals surface area contributed by atoms with Crippen molar-refractivity contribution in [1.29, 1.82) is 0 Å². The summed E-state index contributed by atoms with van der Waals surface area (Å²) in [6.45, 7) is 1.31. The predicted molar refractivity (Wildman–Crippen MR) is 125 cm³/mol. The summed E-state index contributed by atoms with van der Waals surface area (Å²) in [6, 6.07) is 1.39. The lowest BCUT2D eigenvalue weighted by Crippen LogP contribution is -2.58. The zero-order valence-electron chi connectivity index (χ0n) is 19.3. The van der Waals surface area contributed by atoms with Crippen LogP contribution >= 0.6 is 0 Å². The van der Waals surface area contributed by atoms with Crippen LogP contribution in [0.3, 0.4) is 0 Å². The minimum absolute atomic E-state index is 0.117. The van der Waals surface area contributed by atoms with Gasteiger partial charge < -0.3 is 42.6 Å². The molecule has 14 heteroatoms. The molecular formula is C22H28N6O8. The largest absolute Gasteiger partial charge is 0.481 e. The maximum Gasteiger partial charge on any atom is 0.326 e. The van der Waals surface area contributed by atoms with Crippen LogP contribution in [0.15, 0.2) is 30.5 Å². The fraction of sp³-hybridized carbons (Fsp3) is 0.364. The number of hydrogen-bond donors (Lipinski definition) is 8. The van der Waals surface area contributed by atoms with Crippen molar-refractivity contribution < 1.29 is 39.0 Å². The summed E-state index contributed by atoms with van der Waals surface area (Å²) < 4.78 is 0. The first-order valence-corrected chi connectivity index (χ1v) is 10.8. The predicted octanol–water partition coefficient (Wildman–Crippen LogP) is -2.05. The number of carbonyl (C=O) groups excluding carboxylic acids is 4. The van der Waals surface area contributed by atoms with Gasteiger partial charge >= 0.3 is 11.9 Å². The Balaban J connectivity index is 2.20. The van der Waals surface area contributed by atoms with E-state index in [1.807, 2.05) is 0 Å². The van der Waals surface area contributed by atoms with Gasteiger partial charge in [0.25, 0.3) is 0 Å². The number of carboxylic acid groups (broad SMARTS) is 2. The molecule has 0 saturated heterocycles. The Labute approximate surface area is 204 Å². The molecule has 4 atom stereocenters. The molecule has 0 fully saturated rings. The number of aliphatic carboxylic acids is 2. The molecule has 194 valence electrons. The third-order valence-electron chi connectivity index (χ3n) is 5.18. The van der Waals surface area contributed by atoms with Crippen molar-refractivity contribution in [2.24, 2.45) is 11.5 Å². The van der Waals surface area contributed by atoms with E-state index in [1.54, 1.807) is 30.5 Å². The lowest BCUT2D eigenvalue weighted by Gasteiger charge is -2.23. The Kier molecular flexibility index (Phi) is 9.50. The summed E-state index contributed by atoms with van der Waals surface area (Å²) in [5.74, 6) is -6.75. The first-order chi connectivity index (χ1) is 16.9. The van der Waals surface area contributed by atoms with Gasteiger partial charge in [0.15, 0.2) is 0 Å². The number of benzene rings is 1. The molecule has 0 aliphatic carbocycles. The van der Waals surface area contributed by atoms with Crippen molar-refractivity contribution in [3.05, 3.63) is 36.0 Å². The zero-order valence-corrected chi connectivity index (χ0v) is 19.3. The van der Waals surface area contributed by atoms with Gasteiger partial charge in [-0.15, -0.1) is 0 Å². The van der Waals surface area contributed by atoms with Gasteiger partial charge in [-0.1, -0.05) is 18.2 Å². The van der Waals surface area contributed by atoms with E-state index in [0.717, 1.165) is 10.9 Å². The Morgan fingerprint density at radius 1 is 0.889 bits per heavy atom. The minimum Gasteiger partial charge on any atom is -0.481 e. The lowest BCUT2D eigenvalue weighted by molar-refractivity contribution is -0.143. The van der Waals surface area contributed by atoms with Crippen LogP contribution in [0.1, 0.15) is 25.3 Å². The molecule has 2 aromatic rings. The second-order valence-corrected chi connectivity index (χ2v) is 8.14. The number of hydrogen-bond acceptors (Lipinski definition) is 7. The summed E-state index contributed by atoms with van der Waals surface area (Å²) in [6.07, 6.45) is -0.0625. The van der Waals surface area contributed by atoms with Gasteiger partial charge in [0.1, 0.15) is 18.1 Å². The average Bonchev–Trinajstić information content (AvgIpc) is 3.19. The number of primary amides is 1. The summed E-state index contributed by atoms with van der Waals surface area (Å²) in [5, 5.41) is 26.0. The van der Waals surface area contributed by atoms with Gasteiger partial charge in [-0.25, -0.2) is 4.79 Å². The van der Waals surface area contributed by atoms with Gasteiger partial charge in [-0.3, -0.25) is 24.0 Å². The fourth-order valence-corrected chi connectivity index (χ4v) is 3.36. The molecule has 1 aromatic heterocycles. The van der Waals surface area contributed by atoms with E-state index in [1.165, 1.54) is 6.92 Å². The van der Waals surface area contributed by atoms with Crippen molar-refractivity contribution in [3.8, 4) is 0 Å². The van der Waals surface area contributed by atoms with Crippen molar-refractivity contribution in [2.75, 3.05) is 0 Å². The van der Waals surface area contributed by atoms with Crippen LogP contribution in [0.5, 0.6) is 0 Å². The highest BCUT2D eigenvalue weighted by molar-refractivity contribution is 5.97. The Morgan fingerprint density at radius 2 is 1.44 bits per heavy atom. The maximum atomic E-state index is 12.9. The average molecular weight is 505 g/mol. The second kappa shape index (κ2) is 12.3. The Bertz CT molecular complexity index is 1160. The van der Waals surface area contributed by atoms with Crippen LogP contribution in [0.2, 0.25) is 0 Å². The molecule has 4 unspecified atom stereocenters. The number of carbonyl (C=O) groups is 6. The van der Waals surface area contributed by atoms with E-state index in [2.05, 4.69) is 20.9 Å². The lowest BCUT2D eigenvalue weighted by atomic mass is 10.0. The Hall–Kier alpha value is -4.46. The van der Waals surface area contributed by atoms with Gasteiger partial charge in [0.2, 0.25) is 23.6 Å². The fourth-order valence-electron chi connectivity index (χ4n) is 3.36. The highest BCUT2D eigenvalue weighted by Gasteiger charge is 2.32. The van der Waals surface area contributed by atoms with Crippen LogP contribution in [0.25, 0.3) is 10.9 Å². The molecule has 0 spiro atoms. The van der Waals surface area contributed by atoms with Gasteiger partial charge in [0, 0.05) is 23.5 Å². The minimum atomic E-state index is -1.64. The van der Waals surface area contributed by atoms with Crippen molar-refractivity contribution in [1.82, 2.24) is 20.9 Å². The molecule has 1 heterocycles. The number of aromatic amines is 1. The second-order valence-electron chi connectivity index (χ2n) is 8.14. The molecule has 2 rings (SSSR count). The molecule has 0 aliphatic rings. The summed E-state index contributed by atoms with van der Waals surface area (Å²) in [4.78, 5) is 74.9. The van der Waals surface area contributed by atoms with E-state index in [4.69, 9.17) is 16.6 Å². The van der Waals surface area contributed by atoms with Gasteiger partial charge in [0.05, 0.1) is 18.9 Å². The monoisotopic (exact) mass is 504 g/mol. The first kappa shape index (κ1) is 27.8. The number of amides is 4. The van der Waals surface area contributed by atoms with E-state index >= 15 is 0 Å². The standard InChI is InChI=1S/C22H28N6O8/c1-10(23)19(32)26-15(8-18(30)31)21(34)27-14(7-17(24)29)20(33)28-16(22(35)36)6-11-9-25-13-5-3-2-4-12(11)13/h2-5,9-10,14-16,25H,6-8,23H2,1H3,(H2,24,29)(H,26,32)(H,27,34)(H,28,33)(H,30,31)(H,35,36). The zero-order chi connectivity index (χ0) is 27.0. The number of H-pyrrole nitrogens is 1. The SMILES string of the molecule is CC(N)C(=O)NC(CC(=O)O)C(=O)NC(CC(N)=O)C(=O)NC(Cc1c[nH]c2ccccc12)C(=O)O. The van der Waals surface area contributed by atoms with E-state index in [9.17, 15) is 33.9 Å². The number of nitrogens with one attached hydrogen (secondary N) is 4. The number of aromatic nitrogens is 1. The van der Waals surface area contributed by atoms with Crippen LogP contribution in [0, 0.1) is 0 Å². The van der Waals surface area contributed by atoms with Gasteiger partial charge in [-0.2, -0.15) is 0 Å². The van der Waals surface area contributed by atoms with Crippen LogP contribution in [-0.4, -0.2) is 74.9 Å². The Morgan fingerprint density at radius 3 is 2.00 bits per heavy atom. The molecule has 0 saturated carbocycles. The number of para-hydroxylation sites is 1. The molecule has 10 N–H and O–H groups in total.